The van der Waals surface area contributed by atoms with Crippen LogP contribution in [0.25, 0.3) is 0 Å². The molecule has 98 valence electrons. The van der Waals surface area contributed by atoms with Crippen LogP contribution in [0.3, 0.4) is 0 Å². The number of hydrogen-bond acceptors (Lipinski definition) is 4. The molecule has 18 heavy (non-hydrogen) atoms. The van der Waals surface area contributed by atoms with Crippen molar-refractivity contribution in [2.24, 2.45) is 5.92 Å². The summed E-state index contributed by atoms with van der Waals surface area (Å²) in [5.74, 6) is -0.184. The lowest BCUT2D eigenvalue weighted by molar-refractivity contribution is -0.140. The van der Waals surface area contributed by atoms with Gasteiger partial charge in [0.05, 0.1) is 17.8 Å². The van der Waals surface area contributed by atoms with Gasteiger partial charge < -0.3 is 15.3 Å². The van der Waals surface area contributed by atoms with Crippen molar-refractivity contribution in [3.05, 3.63) is 18.3 Å². The lowest BCUT2D eigenvalue weighted by Crippen LogP contribution is -2.20. The van der Waals surface area contributed by atoms with Crippen molar-refractivity contribution in [1.82, 2.24) is 4.98 Å². The highest BCUT2D eigenvalue weighted by Gasteiger charge is 2.13. The van der Waals surface area contributed by atoms with Crippen LogP contribution in [-0.4, -0.2) is 35.7 Å². The normalized spacial score (nSPS) is 16.6. The maximum Gasteiger partial charge on any atom is 0.308 e. The van der Waals surface area contributed by atoms with Crippen molar-refractivity contribution in [3.63, 3.8) is 0 Å². The number of nitrogens with zero attached hydrogens (tertiary/aromatic N) is 2. The first-order chi connectivity index (χ1) is 8.66. The maximum absolute atomic E-state index is 10.7. The third kappa shape index (κ3) is 3.12. The molecule has 2 N–H and O–H groups in total. The standard InChI is InChI=1S/C13H19N3O2/c1-10(13(17)18)8-14-11-4-5-12(15-9-11)16-6-2-3-7-16/h4-5,9-10,14H,2-3,6-8H2,1H3,(H,17,18). The van der Waals surface area contributed by atoms with Gasteiger partial charge in [-0.25, -0.2) is 4.98 Å². The highest BCUT2D eigenvalue weighted by Crippen LogP contribution is 2.19. The molecule has 0 spiro atoms. The van der Waals surface area contributed by atoms with E-state index in [-0.39, 0.29) is 0 Å². The van der Waals surface area contributed by atoms with Crippen LogP contribution in [0, 0.1) is 5.92 Å². The van der Waals surface area contributed by atoms with E-state index < -0.39 is 11.9 Å². The lowest BCUT2D eigenvalue weighted by Gasteiger charge is -2.16. The Bertz CT molecular complexity index is 399. The summed E-state index contributed by atoms with van der Waals surface area (Å²) in [4.78, 5) is 17.4. The summed E-state index contributed by atoms with van der Waals surface area (Å²) >= 11 is 0. The Morgan fingerprint density at radius 3 is 2.78 bits per heavy atom. The largest absolute Gasteiger partial charge is 0.481 e. The molecule has 0 radical (unpaired) electrons. The zero-order valence-corrected chi connectivity index (χ0v) is 10.6. The van der Waals surface area contributed by atoms with E-state index in [1.54, 1.807) is 13.1 Å². The molecule has 1 aliphatic heterocycles. The average Bonchev–Trinajstić information content (AvgIpc) is 2.90. The number of pyridine rings is 1. The number of hydrogen-bond donors (Lipinski definition) is 2. The van der Waals surface area contributed by atoms with Crippen molar-refractivity contribution in [1.29, 1.82) is 0 Å². The first-order valence-corrected chi connectivity index (χ1v) is 6.34. The Hall–Kier alpha value is -1.78. The van der Waals surface area contributed by atoms with E-state index in [1.165, 1.54) is 12.8 Å². The molecule has 5 heteroatoms. The molecule has 0 aliphatic carbocycles. The van der Waals surface area contributed by atoms with Gasteiger partial charge in [-0.15, -0.1) is 0 Å². The van der Waals surface area contributed by atoms with Crippen LogP contribution in [0.2, 0.25) is 0 Å². The SMILES string of the molecule is CC(CNc1ccc(N2CCCC2)nc1)C(=O)O. The fraction of sp³-hybridized carbons (Fsp3) is 0.538. The van der Waals surface area contributed by atoms with Gasteiger partial charge >= 0.3 is 5.97 Å². The smallest absolute Gasteiger partial charge is 0.308 e. The van der Waals surface area contributed by atoms with Crippen LogP contribution in [-0.2, 0) is 4.79 Å². The molecule has 0 amide bonds. The van der Waals surface area contributed by atoms with Gasteiger partial charge in [-0.1, -0.05) is 6.92 Å². The van der Waals surface area contributed by atoms with Gasteiger partial charge in [0, 0.05) is 19.6 Å². The number of aromatic nitrogens is 1. The Balaban J connectivity index is 1.89. The summed E-state index contributed by atoms with van der Waals surface area (Å²) in [6.07, 6.45) is 4.23. The first kappa shape index (κ1) is 12.7. The fourth-order valence-corrected chi connectivity index (χ4v) is 1.98. The molecule has 2 heterocycles. The van der Waals surface area contributed by atoms with E-state index in [9.17, 15) is 4.79 Å². The number of rotatable bonds is 5. The molecule has 1 aromatic rings. The second kappa shape index (κ2) is 5.71. The predicted octanol–water partition coefficient (Wildman–Crippen LogP) is 1.81. The van der Waals surface area contributed by atoms with Crippen molar-refractivity contribution in [3.8, 4) is 0 Å². The van der Waals surface area contributed by atoms with Gasteiger partial charge in [0.25, 0.3) is 0 Å². The quantitative estimate of drug-likeness (QED) is 0.833. The second-order valence-electron chi connectivity index (χ2n) is 4.72. The van der Waals surface area contributed by atoms with Crippen LogP contribution >= 0.6 is 0 Å². The molecular weight excluding hydrogens is 230 g/mol. The summed E-state index contributed by atoms with van der Waals surface area (Å²) in [6.45, 7) is 4.26. The first-order valence-electron chi connectivity index (χ1n) is 6.34. The average molecular weight is 249 g/mol. The zero-order valence-electron chi connectivity index (χ0n) is 10.6. The number of aliphatic carboxylic acids is 1. The van der Waals surface area contributed by atoms with Gasteiger partial charge in [-0.05, 0) is 25.0 Å². The number of carboxylic acids is 1. The van der Waals surface area contributed by atoms with Gasteiger partial charge in [0.15, 0.2) is 0 Å². The third-order valence-corrected chi connectivity index (χ3v) is 3.21. The van der Waals surface area contributed by atoms with Crippen molar-refractivity contribution < 1.29 is 9.90 Å². The second-order valence-corrected chi connectivity index (χ2v) is 4.72. The van der Waals surface area contributed by atoms with E-state index in [1.807, 2.05) is 12.1 Å². The Morgan fingerprint density at radius 1 is 1.50 bits per heavy atom. The molecule has 1 unspecified atom stereocenters. The molecule has 2 rings (SSSR count). The third-order valence-electron chi connectivity index (χ3n) is 3.21. The molecule has 0 saturated carbocycles. The van der Waals surface area contributed by atoms with Crippen LogP contribution in [0.5, 0.6) is 0 Å². The van der Waals surface area contributed by atoms with E-state index in [2.05, 4.69) is 15.2 Å². The summed E-state index contributed by atoms with van der Waals surface area (Å²) in [7, 11) is 0. The number of anilines is 2. The molecule has 1 saturated heterocycles. The Morgan fingerprint density at radius 2 is 2.22 bits per heavy atom. The number of nitrogens with one attached hydrogen (secondary N) is 1. The molecule has 5 nitrogen and oxygen atoms in total. The minimum absolute atomic E-state index is 0.400. The monoisotopic (exact) mass is 249 g/mol. The highest BCUT2D eigenvalue weighted by atomic mass is 16.4. The van der Waals surface area contributed by atoms with Crippen LogP contribution in [0.15, 0.2) is 18.3 Å². The zero-order chi connectivity index (χ0) is 13.0. The number of carboxylic acid groups (broad SMARTS) is 1. The lowest BCUT2D eigenvalue weighted by atomic mass is 10.2. The minimum Gasteiger partial charge on any atom is -0.481 e. The molecule has 0 aromatic carbocycles. The summed E-state index contributed by atoms with van der Waals surface area (Å²) in [5, 5.41) is 11.9. The summed E-state index contributed by atoms with van der Waals surface area (Å²) < 4.78 is 0. The topological polar surface area (TPSA) is 65.5 Å². The van der Waals surface area contributed by atoms with Gasteiger partial charge in [0.1, 0.15) is 5.82 Å². The van der Waals surface area contributed by atoms with E-state index in [0.29, 0.717) is 6.54 Å². The van der Waals surface area contributed by atoms with Crippen LogP contribution < -0.4 is 10.2 Å². The molecule has 0 bridgehead atoms. The molecule has 1 atom stereocenters. The van der Waals surface area contributed by atoms with Crippen molar-refractivity contribution in [2.75, 3.05) is 29.9 Å². The fourth-order valence-electron chi connectivity index (χ4n) is 1.98. The van der Waals surface area contributed by atoms with Crippen molar-refractivity contribution >= 4 is 17.5 Å². The Kier molecular flexibility index (Phi) is 4.02. The van der Waals surface area contributed by atoms with Crippen molar-refractivity contribution in [2.45, 2.75) is 19.8 Å². The minimum atomic E-state index is -0.788. The van der Waals surface area contributed by atoms with Crippen LogP contribution in [0.1, 0.15) is 19.8 Å². The number of carbonyl (C=O) groups is 1. The predicted molar refractivity (Wildman–Crippen MR) is 71.0 cm³/mol. The molecular formula is C13H19N3O2. The van der Waals surface area contributed by atoms with E-state index in [4.69, 9.17) is 5.11 Å². The summed E-state index contributed by atoms with van der Waals surface area (Å²) in [5.41, 5.74) is 0.867. The van der Waals surface area contributed by atoms with Gasteiger partial charge in [0.2, 0.25) is 0 Å². The Labute approximate surface area is 107 Å². The highest BCUT2D eigenvalue weighted by molar-refractivity contribution is 5.70. The molecule has 1 aromatic heterocycles. The maximum atomic E-state index is 10.7. The van der Waals surface area contributed by atoms with Gasteiger partial charge in [-0.2, -0.15) is 0 Å². The molecule has 1 fully saturated rings. The van der Waals surface area contributed by atoms with Gasteiger partial charge in [-0.3, -0.25) is 4.79 Å². The van der Waals surface area contributed by atoms with Crippen LogP contribution in [0.4, 0.5) is 11.5 Å². The molecule has 1 aliphatic rings. The summed E-state index contributed by atoms with van der Waals surface area (Å²) in [6, 6.07) is 3.94. The van der Waals surface area contributed by atoms with E-state index in [0.717, 1.165) is 24.6 Å². The van der Waals surface area contributed by atoms with E-state index >= 15 is 0 Å².